The molecule has 1 atom stereocenters. The van der Waals surface area contributed by atoms with Crippen LogP contribution in [0, 0.1) is 0 Å². The lowest BCUT2D eigenvalue weighted by atomic mass is 10.1. The SMILES string of the molecule is CCCCCCCCOC(CCCCCCC)OS(C)(C)OCCCCCCN(CCO)CCCCCCOC=O. The lowest BCUT2D eigenvalue weighted by Gasteiger charge is -2.38. The molecule has 0 aromatic heterocycles. The molecule has 0 radical (unpaired) electrons. The molecule has 0 saturated carbocycles. The van der Waals surface area contributed by atoms with Crippen LogP contribution >= 0.6 is 10.6 Å². The van der Waals surface area contributed by atoms with Gasteiger partial charge in [0.2, 0.25) is 0 Å². The van der Waals surface area contributed by atoms with Gasteiger partial charge in [0.15, 0.2) is 6.29 Å². The van der Waals surface area contributed by atoms with E-state index < -0.39 is 10.6 Å². The molecule has 41 heavy (non-hydrogen) atoms. The Kier molecular flexibility index (Phi) is 30.8. The first-order valence-electron chi connectivity index (χ1n) is 17.0. The van der Waals surface area contributed by atoms with Gasteiger partial charge in [-0.2, -0.15) is 10.6 Å². The Bertz CT molecular complexity index is 540. The van der Waals surface area contributed by atoms with E-state index in [0.717, 1.165) is 97.1 Å². The molecule has 0 rings (SSSR count). The van der Waals surface area contributed by atoms with Gasteiger partial charge in [-0.05, 0) is 51.6 Å². The summed E-state index contributed by atoms with van der Waals surface area (Å²) in [6.07, 6.45) is 27.7. The van der Waals surface area contributed by atoms with Gasteiger partial charge in [-0.1, -0.05) is 97.3 Å². The van der Waals surface area contributed by atoms with Gasteiger partial charge in [-0.3, -0.25) is 13.2 Å². The van der Waals surface area contributed by atoms with Gasteiger partial charge >= 0.3 is 0 Å². The number of carbonyl (C=O) groups excluding carboxylic acids is 1. The Labute approximate surface area is 256 Å². The second-order valence-electron chi connectivity index (χ2n) is 11.7. The molecule has 0 amide bonds. The van der Waals surface area contributed by atoms with E-state index in [1.807, 2.05) is 0 Å². The van der Waals surface area contributed by atoms with Crippen molar-refractivity contribution in [1.29, 1.82) is 0 Å². The molecule has 248 valence electrons. The molecule has 8 heteroatoms. The number of unbranched alkanes of at least 4 members (excludes halogenated alkanes) is 15. The van der Waals surface area contributed by atoms with Gasteiger partial charge < -0.3 is 19.5 Å². The van der Waals surface area contributed by atoms with Crippen molar-refractivity contribution in [3.8, 4) is 0 Å². The summed E-state index contributed by atoms with van der Waals surface area (Å²) in [4.78, 5) is 12.5. The fourth-order valence-corrected chi connectivity index (χ4v) is 6.15. The Morgan fingerprint density at radius 2 is 1.17 bits per heavy atom. The molecule has 0 aromatic carbocycles. The first-order valence-corrected chi connectivity index (χ1v) is 19.3. The lowest BCUT2D eigenvalue weighted by molar-refractivity contribution is -0.128. The van der Waals surface area contributed by atoms with Crippen LogP contribution in [0.15, 0.2) is 0 Å². The van der Waals surface area contributed by atoms with E-state index in [-0.39, 0.29) is 12.9 Å². The van der Waals surface area contributed by atoms with E-state index in [1.165, 1.54) is 64.2 Å². The first-order chi connectivity index (χ1) is 20.0. The number of ether oxygens (including phenoxy) is 2. The predicted octanol–water partition coefficient (Wildman–Crippen LogP) is 8.57. The fraction of sp³-hybridized carbons (Fsp3) is 0.970. The summed E-state index contributed by atoms with van der Waals surface area (Å²) in [5.41, 5.74) is 0. The van der Waals surface area contributed by atoms with Gasteiger partial charge in [0.1, 0.15) is 0 Å². The zero-order valence-corrected chi connectivity index (χ0v) is 28.4. The standard InChI is InChI=1S/C33H69NO6S/c1-5-7-9-11-15-22-30-38-33(24-18-12-10-8-6-2)40-41(3,4)39-31-23-17-14-20-26-34(27-28-35)25-19-13-16-21-29-37-32-36/h32-33,35H,5-31H2,1-4H3. The highest BCUT2D eigenvalue weighted by molar-refractivity contribution is 8.24. The molecule has 0 spiro atoms. The normalized spacial score (nSPS) is 13.1. The van der Waals surface area contributed by atoms with Crippen LogP contribution in [0.4, 0.5) is 0 Å². The summed E-state index contributed by atoms with van der Waals surface area (Å²) in [6, 6.07) is 0. The van der Waals surface area contributed by atoms with Gasteiger partial charge in [0.05, 0.1) is 19.8 Å². The largest absolute Gasteiger partial charge is 0.468 e. The number of nitrogens with zero attached hydrogens (tertiary/aromatic N) is 1. The van der Waals surface area contributed by atoms with Crippen molar-refractivity contribution in [1.82, 2.24) is 4.90 Å². The summed E-state index contributed by atoms with van der Waals surface area (Å²) in [6.45, 7) is 10.1. The van der Waals surface area contributed by atoms with Crippen LogP contribution in [0.3, 0.4) is 0 Å². The Morgan fingerprint density at radius 3 is 1.76 bits per heavy atom. The van der Waals surface area contributed by atoms with E-state index in [0.29, 0.717) is 13.1 Å². The van der Waals surface area contributed by atoms with Gasteiger partial charge in [0.25, 0.3) is 6.47 Å². The second-order valence-corrected chi connectivity index (χ2v) is 14.4. The average molecular weight is 608 g/mol. The smallest absolute Gasteiger partial charge is 0.293 e. The molecular formula is C33H69NO6S. The van der Waals surface area contributed by atoms with Crippen molar-refractivity contribution in [2.75, 3.05) is 58.6 Å². The predicted molar refractivity (Wildman–Crippen MR) is 175 cm³/mol. The number of carbonyl (C=O) groups is 1. The number of rotatable bonds is 34. The molecule has 0 bridgehead atoms. The van der Waals surface area contributed by atoms with Crippen molar-refractivity contribution < 1.29 is 27.7 Å². The van der Waals surface area contributed by atoms with Crippen molar-refractivity contribution >= 4 is 17.1 Å². The molecule has 0 heterocycles. The van der Waals surface area contributed by atoms with Crippen LogP contribution in [-0.2, 0) is 22.6 Å². The van der Waals surface area contributed by atoms with Gasteiger partial charge in [-0.25, -0.2) is 0 Å². The number of hydrogen-bond acceptors (Lipinski definition) is 7. The van der Waals surface area contributed by atoms with Crippen molar-refractivity contribution in [2.45, 2.75) is 149 Å². The van der Waals surface area contributed by atoms with E-state index in [2.05, 4.69) is 31.3 Å². The summed E-state index contributed by atoms with van der Waals surface area (Å²) in [7, 11) is -1.60. The molecule has 0 fully saturated rings. The highest BCUT2D eigenvalue weighted by Gasteiger charge is 2.18. The van der Waals surface area contributed by atoms with Crippen LogP contribution in [0.25, 0.3) is 0 Å². The van der Waals surface area contributed by atoms with Crippen LogP contribution in [0.1, 0.15) is 142 Å². The molecule has 7 nitrogen and oxygen atoms in total. The third-order valence-electron chi connectivity index (χ3n) is 7.39. The molecule has 0 aliphatic rings. The van der Waals surface area contributed by atoms with Gasteiger partial charge in [-0.15, -0.1) is 0 Å². The molecule has 1 N–H and O–H groups in total. The Hall–Kier alpha value is -0.380. The van der Waals surface area contributed by atoms with Gasteiger partial charge in [0, 0.05) is 32.1 Å². The maximum atomic E-state index is 10.2. The molecule has 1 unspecified atom stereocenters. The van der Waals surface area contributed by atoms with Crippen LogP contribution in [0.5, 0.6) is 0 Å². The average Bonchev–Trinajstić information content (AvgIpc) is 2.95. The maximum Gasteiger partial charge on any atom is 0.293 e. The van der Waals surface area contributed by atoms with Crippen LogP contribution in [-0.4, -0.2) is 81.3 Å². The van der Waals surface area contributed by atoms with E-state index in [9.17, 15) is 9.90 Å². The molecule has 0 aliphatic heterocycles. The quantitative estimate of drug-likeness (QED) is 0.0446. The third kappa shape index (κ3) is 29.5. The maximum absolute atomic E-state index is 10.2. The molecule has 0 aliphatic carbocycles. The number of aliphatic hydroxyl groups is 1. The van der Waals surface area contributed by atoms with E-state index >= 15 is 0 Å². The number of aliphatic hydroxyl groups excluding tert-OH is 1. The fourth-order valence-electron chi connectivity index (χ4n) is 4.91. The Morgan fingerprint density at radius 1 is 0.659 bits per heavy atom. The first kappa shape index (κ1) is 40.6. The topological polar surface area (TPSA) is 77.5 Å². The minimum absolute atomic E-state index is 0.153. The zero-order chi connectivity index (χ0) is 30.3. The summed E-state index contributed by atoms with van der Waals surface area (Å²) in [5.74, 6) is 0. The Balaban J connectivity index is 4.17. The minimum Gasteiger partial charge on any atom is -0.468 e. The molecular weight excluding hydrogens is 538 g/mol. The molecule has 0 aromatic rings. The third-order valence-corrected chi connectivity index (χ3v) is 8.80. The number of hydrogen-bond donors (Lipinski definition) is 1. The second kappa shape index (κ2) is 31.1. The highest BCUT2D eigenvalue weighted by atomic mass is 32.3. The minimum atomic E-state index is -1.60. The van der Waals surface area contributed by atoms with E-state index in [4.69, 9.17) is 17.8 Å². The van der Waals surface area contributed by atoms with Crippen LogP contribution in [0.2, 0.25) is 0 Å². The van der Waals surface area contributed by atoms with Crippen molar-refractivity contribution in [3.05, 3.63) is 0 Å². The summed E-state index contributed by atoms with van der Waals surface area (Å²) in [5, 5.41) is 9.40. The monoisotopic (exact) mass is 607 g/mol. The highest BCUT2D eigenvalue weighted by Crippen LogP contribution is 2.44. The van der Waals surface area contributed by atoms with Crippen LogP contribution < -0.4 is 0 Å². The lowest BCUT2D eigenvalue weighted by Crippen LogP contribution is -2.29. The van der Waals surface area contributed by atoms with Crippen molar-refractivity contribution in [3.63, 3.8) is 0 Å². The van der Waals surface area contributed by atoms with E-state index in [1.54, 1.807) is 0 Å². The summed E-state index contributed by atoms with van der Waals surface area (Å²) < 4.78 is 23.7. The zero-order valence-electron chi connectivity index (χ0n) is 27.6. The molecule has 0 saturated heterocycles. The summed E-state index contributed by atoms with van der Waals surface area (Å²) >= 11 is 0. The van der Waals surface area contributed by atoms with Crippen molar-refractivity contribution in [2.24, 2.45) is 0 Å².